The number of nitrogens with zero attached hydrogens (tertiary/aromatic N) is 1. The first-order chi connectivity index (χ1) is 12.0. The van der Waals surface area contributed by atoms with Gasteiger partial charge >= 0.3 is 6.03 Å². The Balaban J connectivity index is 1.61. The summed E-state index contributed by atoms with van der Waals surface area (Å²) >= 11 is 0. The van der Waals surface area contributed by atoms with Crippen molar-refractivity contribution in [2.45, 2.75) is 26.8 Å². The molecule has 1 aromatic heterocycles. The summed E-state index contributed by atoms with van der Waals surface area (Å²) in [7, 11) is 0. The first-order valence-electron chi connectivity index (χ1n) is 8.60. The number of amides is 2. The maximum atomic E-state index is 12.3. The van der Waals surface area contributed by atoms with Crippen LogP contribution in [0.2, 0.25) is 0 Å². The molecule has 2 aromatic rings. The van der Waals surface area contributed by atoms with Gasteiger partial charge in [-0.25, -0.2) is 4.79 Å². The van der Waals surface area contributed by atoms with Crippen molar-refractivity contribution >= 4 is 17.4 Å². The highest BCUT2D eigenvalue weighted by Gasteiger charge is 2.16. The van der Waals surface area contributed by atoms with E-state index in [2.05, 4.69) is 21.6 Å². The molecule has 1 aromatic carbocycles. The molecule has 0 saturated carbocycles. The van der Waals surface area contributed by atoms with Gasteiger partial charge in [0.2, 0.25) is 0 Å². The Bertz CT molecular complexity index is 735. The van der Waals surface area contributed by atoms with Crippen molar-refractivity contribution < 1.29 is 13.9 Å². The van der Waals surface area contributed by atoms with Gasteiger partial charge in [-0.1, -0.05) is 6.07 Å². The summed E-state index contributed by atoms with van der Waals surface area (Å²) in [5, 5.41) is 5.86. The highest BCUT2D eigenvalue weighted by atomic mass is 16.5. The summed E-state index contributed by atoms with van der Waals surface area (Å²) in [6.07, 6.45) is 0. The lowest BCUT2D eigenvalue weighted by atomic mass is 10.1. The zero-order chi connectivity index (χ0) is 17.8. The first kappa shape index (κ1) is 17.4. The molecule has 25 heavy (non-hydrogen) atoms. The molecule has 0 bridgehead atoms. The second-order valence-electron chi connectivity index (χ2n) is 6.34. The first-order valence-corrected chi connectivity index (χ1v) is 8.60. The van der Waals surface area contributed by atoms with Crippen LogP contribution in [0.5, 0.6) is 0 Å². The number of ether oxygens (including phenoxy) is 1. The number of morpholine rings is 1. The van der Waals surface area contributed by atoms with Crippen LogP contribution in [-0.4, -0.2) is 32.3 Å². The monoisotopic (exact) mass is 343 g/mol. The summed E-state index contributed by atoms with van der Waals surface area (Å²) in [6, 6.07) is 9.48. The van der Waals surface area contributed by atoms with E-state index in [0.717, 1.165) is 54.8 Å². The lowest BCUT2D eigenvalue weighted by Crippen LogP contribution is -2.36. The fraction of sp³-hybridized carbons (Fsp3) is 0.421. The molecule has 0 unspecified atom stereocenters. The Morgan fingerprint density at radius 2 is 1.96 bits per heavy atom. The molecule has 1 atom stereocenters. The van der Waals surface area contributed by atoms with Crippen molar-refractivity contribution in [1.29, 1.82) is 0 Å². The predicted octanol–water partition coefficient (Wildman–Crippen LogP) is 3.62. The molecule has 6 nitrogen and oxygen atoms in total. The number of furan rings is 1. The molecule has 134 valence electrons. The van der Waals surface area contributed by atoms with Crippen LogP contribution in [-0.2, 0) is 4.74 Å². The lowest BCUT2D eigenvalue weighted by Gasteiger charge is -2.29. The quantitative estimate of drug-likeness (QED) is 0.890. The van der Waals surface area contributed by atoms with Gasteiger partial charge in [-0.15, -0.1) is 0 Å². The van der Waals surface area contributed by atoms with Crippen LogP contribution >= 0.6 is 0 Å². The second kappa shape index (κ2) is 7.61. The van der Waals surface area contributed by atoms with E-state index in [1.807, 2.05) is 45.0 Å². The fourth-order valence-electron chi connectivity index (χ4n) is 3.12. The Kier molecular flexibility index (Phi) is 5.28. The number of rotatable bonds is 4. The molecule has 2 N–H and O–H groups in total. The topological polar surface area (TPSA) is 66.7 Å². The van der Waals surface area contributed by atoms with E-state index >= 15 is 0 Å². The number of urea groups is 1. The molecule has 0 spiro atoms. The Labute approximate surface area is 148 Å². The van der Waals surface area contributed by atoms with Gasteiger partial charge in [0.25, 0.3) is 0 Å². The number of aryl methyl sites for hydroxylation is 2. The SMILES string of the molecule is Cc1cc([C@H](C)NC(=O)Nc2cccc(N3CCOCC3)c2)c(C)o1. The van der Waals surface area contributed by atoms with E-state index in [1.54, 1.807) is 0 Å². The van der Waals surface area contributed by atoms with Crippen LogP contribution < -0.4 is 15.5 Å². The fourth-order valence-corrected chi connectivity index (χ4v) is 3.12. The number of carbonyl (C=O) groups is 1. The van der Waals surface area contributed by atoms with Gasteiger partial charge in [0, 0.05) is 30.0 Å². The van der Waals surface area contributed by atoms with Crippen molar-refractivity contribution in [2.24, 2.45) is 0 Å². The number of carbonyl (C=O) groups excluding carboxylic acids is 1. The average Bonchev–Trinajstić information content (AvgIpc) is 2.94. The average molecular weight is 343 g/mol. The minimum atomic E-state index is -0.232. The highest BCUT2D eigenvalue weighted by molar-refractivity contribution is 5.90. The number of nitrogens with one attached hydrogen (secondary N) is 2. The van der Waals surface area contributed by atoms with Crippen molar-refractivity contribution in [3.8, 4) is 0 Å². The summed E-state index contributed by atoms with van der Waals surface area (Å²) in [5.74, 6) is 1.68. The van der Waals surface area contributed by atoms with Crippen molar-refractivity contribution in [3.63, 3.8) is 0 Å². The van der Waals surface area contributed by atoms with Gasteiger partial charge < -0.3 is 24.7 Å². The van der Waals surface area contributed by atoms with Crippen LogP contribution in [0.3, 0.4) is 0 Å². The van der Waals surface area contributed by atoms with Crippen LogP contribution in [0.1, 0.15) is 30.0 Å². The third-order valence-corrected chi connectivity index (χ3v) is 4.37. The third-order valence-electron chi connectivity index (χ3n) is 4.37. The normalized spacial score (nSPS) is 15.7. The predicted molar refractivity (Wildman–Crippen MR) is 98.2 cm³/mol. The molecular formula is C19H25N3O3. The Morgan fingerprint density at radius 1 is 1.20 bits per heavy atom. The van der Waals surface area contributed by atoms with Gasteiger partial charge in [0.15, 0.2) is 0 Å². The second-order valence-corrected chi connectivity index (χ2v) is 6.34. The van der Waals surface area contributed by atoms with E-state index in [4.69, 9.17) is 9.15 Å². The van der Waals surface area contributed by atoms with Gasteiger partial charge in [-0.2, -0.15) is 0 Å². The van der Waals surface area contributed by atoms with Crippen LogP contribution in [0.4, 0.5) is 16.2 Å². The van der Waals surface area contributed by atoms with Crippen LogP contribution in [0.15, 0.2) is 34.7 Å². The van der Waals surface area contributed by atoms with Gasteiger partial charge in [-0.3, -0.25) is 0 Å². The maximum Gasteiger partial charge on any atom is 0.319 e. The van der Waals surface area contributed by atoms with E-state index < -0.39 is 0 Å². The highest BCUT2D eigenvalue weighted by Crippen LogP contribution is 2.22. The molecule has 0 radical (unpaired) electrons. The Hall–Kier alpha value is -2.47. The third kappa shape index (κ3) is 4.33. The van der Waals surface area contributed by atoms with Crippen LogP contribution in [0, 0.1) is 13.8 Å². The molecule has 0 aliphatic carbocycles. The van der Waals surface area contributed by atoms with E-state index in [1.165, 1.54) is 0 Å². The van der Waals surface area contributed by atoms with Gasteiger partial charge in [0.05, 0.1) is 19.3 Å². The Morgan fingerprint density at radius 3 is 2.64 bits per heavy atom. The molecule has 1 fully saturated rings. The molecular weight excluding hydrogens is 318 g/mol. The molecule has 2 heterocycles. The lowest BCUT2D eigenvalue weighted by molar-refractivity contribution is 0.122. The largest absolute Gasteiger partial charge is 0.466 e. The number of benzene rings is 1. The summed E-state index contributed by atoms with van der Waals surface area (Å²) in [5.41, 5.74) is 2.86. The maximum absolute atomic E-state index is 12.3. The van der Waals surface area contributed by atoms with Crippen molar-refractivity contribution in [1.82, 2.24) is 5.32 Å². The standard InChI is InChI=1S/C19H25N3O3/c1-13-11-18(15(3)25-13)14(2)20-19(23)21-16-5-4-6-17(12-16)22-7-9-24-10-8-22/h4-6,11-12,14H,7-10H2,1-3H3,(H2,20,21,23)/t14-/m0/s1. The summed E-state index contributed by atoms with van der Waals surface area (Å²) < 4.78 is 10.9. The van der Waals surface area contributed by atoms with E-state index in [9.17, 15) is 4.79 Å². The van der Waals surface area contributed by atoms with Crippen LogP contribution in [0.25, 0.3) is 0 Å². The summed E-state index contributed by atoms with van der Waals surface area (Å²) in [6.45, 7) is 8.96. The minimum Gasteiger partial charge on any atom is -0.466 e. The van der Waals surface area contributed by atoms with E-state index in [0.29, 0.717) is 0 Å². The molecule has 1 aliphatic rings. The summed E-state index contributed by atoms with van der Waals surface area (Å²) in [4.78, 5) is 14.6. The van der Waals surface area contributed by atoms with Crippen molar-refractivity contribution in [2.75, 3.05) is 36.5 Å². The molecule has 6 heteroatoms. The number of anilines is 2. The molecule has 2 amide bonds. The van der Waals surface area contributed by atoms with Crippen molar-refractivity contribution in [3.05, 3.63) is 47.4 Å². The number of hydrogen-bond donors (Lipinski definition) is 2. The van der Waals surface area contributed by atoms with Gasteiger partial charge in [0.1, 0.15) is 11.5 Å². The van der Waals surface area contributed by atoms with E-state index in [-0.39, 0.29) is 12.1 Å². The smallest absolute Gasteiger partial charge is 0.319 e. The zero-order valence-electron chi connectivity index (χ0n) is 15.0. The molecule has 3 rings (SSSR count). The van der Waals surface area contributed by atoms with Gasteiger partial charge in [-0.05, 0) is 45.0 Å². The molecule has 1 saturated heterocycles. The zero-order valence-corrected chi connectivity index (χ0v) is 15.0. The minimum absolute atomic E-state index is 0.125. The number of hydrogen-bond acceptors (Lipinski definition) is 4. The molecule has 1 aliphatic heterocycles.